The number of hydrogen-bond acceptors (Lipinski definition) is 8. The minimum atomic E-state index is -0.444. The standard InChI is InChI=1S/C13H19BrN2O2.C13H20N2O2.C2H4I.CH2Cl2.CH4.BHNS.2H2S.V/c1-13(2,3)18-12(17)16-6-4-5-11(16)10-7-9(14)8-15-10;1-13(2,3)17-12(16)15-9-5-7-11(15)10-6-4-8-14-10;1-2-3;2-1-3;;1-2-3;;;/h8,11H,4-7H2,1-3H3;4,8,11H,5-7,9H2,1-3H3;2H,1H3;1H2;1H4;3H;2*1H2;/q;;-1;;;;;;/t2*11-;;;;;;;/m00......./s1. The van der Waals surface area contributed by atoms with Gasteiger partial charge in [-0.15, -0.1) is 23.2 Å². The number of nitrogens with zero attached hydrogens (tertiary/aromatic N) is 5. The van der Waals surface area contributed by atoms with E-state index in [0.29, 0.717) is 0 Å². The second-order valence-corrected chi connectivity index (χ2v) is 15.0. The molecule has 0 aromatic rings. The summed E-state index contributed by atoms with van der Waals surface area (Å²) >= 11 is 18.3. The van der Waals surface area contributed by atoms with Crippen molar-refractivity contribution in [2.75, 3.05) is 18.4 Å². The smallest absolute Gasteiger partial charge is 0 e. The van der Waals surface area contributed by atoms with Gasteiger partial charge >= 0.3 is 36.9 Å². The van der Waals surface area contributed by atoms with Crippen LogP contribution in [0.25, 0.3) is 0 Å². The van der Waals surface area contributed by atoms with Gasteiger partial charge in [-0.25, -0.2) is 9.59 Å². The molecule has 0 aliphatic carbocycles. The van der Waals surface area contributed by atoms with Crippen LogP contribution in [0.4, 0.5) is 9.59 Å². The number of halogens is 4. The van der Waals surface area contributed by atoms with Crippen LogP contribution < -0.4 is 0 Å². The molecule has 18 heteroatoms. The quantitative estimate of drug-likeness (QED) is 0.0980. The fraction of sp³-hybridized carbons (Fsp3) is 0.700. The summed E-state index contributed by atoms with van der Waals surface area (Å²) in [6, 6.07) is 0.242. The Bertz CT molecular complexity index is 1050. The Labute approximate surface area is 354 Å². The van der Waals surface area contributed by atoms with Crippen molar-refractivity contribution in [1.29, 1.82) is 0 Å². The molecule has 278 valence electrons. The summed E-state index contributed by atoms with van der Waals surface area (Å²) in [5.74, 6) is 0. The third-order valence-electron chi connectivity index (χ3n) is 5.92. The Kier molecular flexibility index (Phi) is 37.7. The predicted octanol–water partition coefficient (Wildman–Crippen LogP) is 10.3. The number of carbonyl (C=O) groups excluding carboxylic acids is 2. The van der Waals surface area contributed by atoms with Crippen LogP contribution in [-0.4, -0.2) is 82.8 Å². The SMILES string of the molecule is C.CC(C)(C)OC(=O)N1CCC[C@H]1C1=NC=C(Br)C1.CC(C)(C)OC(=O)N1CCC[C@H]1C1=NC=CC1.C[CH-]I.ClCCl.S.S.[B]=NS.[V]. The second kappa shape index (κ2) is 31.2. The predicted molar refractivity (Wildman–Crippen MR) is 227 cm³/mol. The van der Waals surface area contributed by atoms with Crippen molar-refractivity contribution < 1.29 is 37.6 Å². The summed E-state index contributed by atoms with van der Waals surface area (Å²) in [5.41, 5.74) is 1.28. The molecule has 4 heterocycles. The van der Waals surface area contributed by atoms with E-state index >= 15 is 0 Å². The molecule has 0 saturated carbocycles. The van der Waals surface area contributed by atoms with Crippen molar-refractivity contribution in [1.82, 2.24) is 9.80 Å². The van der Waals surface area contributed by atoms with Crippen LogP contribution in [0.2, 0.25) is 0 Å². The number of allylic oxidation sites excluding steroid dienone is 2. The van der Waals surface area contributed by atoms with Gasteiger partial charge in [0.15, 0.2) is 0 Å². The summed E-state index contributed by atoms with van der Waals surface area (Å²) in [5, 5.41) is 0.194. The Morgan fingerprint density at radius 3 is 1.69 bits per heavy atom. The molecule has 9 nitrogen and oxygen atoms in total. The molecule has 4 aliphatic heterocycles. The van der Waals surface area contributed by atoms with Gasteiger partial charge in [0, 0.05) is 72.8 Å². The first-order valence-corrected chi connectivity index (χ1v) is 17.8. The molecule has 2 saturated heterocycles. The molecule has 0 aromatic carbocycles. The van der Waals surface area contributed by atoms with E-state index in [0.717, 1.165) is 67.5 Å². The third-order valence-corrected chi connectivity index (χ3v) is 6.41. The van der Waals surface area contributed by atoms with E-state index in [1.165, 1.54) is 0 Å². The van der Waals surface area contributed by atoms with E-state index in [-0.39, 0.29) is 82.6 Å². The van der Waals surface area contributed by atoms with E-state index in [1.807, 2.05) is 81.2 Å². The first kappa shape index (κ1) is 58.0. The molecule has 2 fully saturated rings. The zero-order valence-corrected chi connectivity index (χ0v) is 37.7. The van der Waals surface area contributed by atoms with Crippen LogP contribution in [-0.2, 0) is 28.0 Å². The number of carbonyl (C=O) groups is 2. The fourth-order valence-electron chi connectivity index (χ4n) is 4.52. The van der Waals surface area contributed by atoms with Crippen molar-refractivity contribution >= 4 is 133 Å². The van der Waals surface area contributed by atoms with Gasteiger partial charge < -0.3 is 32.1 Å². The summed E-state index contributed by atoms with van der Waals surface area (Å²) < 4.78 is 16.6. The number of hydrogen-bond donors (Lipinski definition) is 1. The molecule has 0 N–H and O–H groups in total. The average molecular weight is 984 g/mol. The molecular formula is C30H54BBrCl2IN5O4S3V-. The number of amides is 2. The van der Waals surface area contributed by atoms with Gasteiger partial charge in [0.1, 0.15) is 11.2 Å². The van der Waals surface area contributed by atoms with Crippen LogP contribution in [0, 0.1) is 4.43 Å². The number of ether oxygens (including phenoxy) is 2. The van der Waals surface area contributed by atoms with E-state index in [9.17, 15) is 9.59 Å². The molecular weight excluding hydrogens is 930 g/mol. The van der Waals surface area contributed by atoms with Crippen LogP contribution in [0.5, 0.6) is 0 Å². The number of alkyl halides is 2. The van der Waals surface area contributed by atoms with Crippen molar-refractivity contribution in [3.8, 4) is 0 Å². The van der Waals surface area contributed by atoms with E-state index < -0.39 is 11.2 Å². The topological polar surface area (TPSA) is 96.2 Å². The molecule has 0 bridgehead atoms. The molecule has 4 rings (SSSR count). The Morgan fingerprint density at radius 1 is 1.02 bits per heavy atom. The number of thiol groups is 1. The summed E-state index contributed by atoms with van der Waals surface area (Å²) in [4.78, 5) is 36.5. The maximum atomic E-state index is 12.1. The average Bonchev–Trinajstić information content (AvgIpc) is 3.71. The van der Waals surface area contributed by atoms with Crippen LogP contribution in [0.1, 0.15) is 94.4 Å². The van der Waals surface area contributed by atoms with Crippen LogP contribution in [0.15, 0.2) is 37.2 Å². The van der Waals surface area contributed by atoms with Gasteiger partial charge in [-0.1, -0.05) is 29.4 Å². The summed E-state index contributed by atoms with van der Waals surface area (Å²) in [7, 11) is 4.34. The van der Waals surface area contributed by atoms with E-state index in [4.69, 9.17) is 32.7 Å². The Hall–Kier alpha value is 0.649. The molecule has 2 atom stereocenters. The summed E-state index contributed by atoms with van der Waals surface area (Å²) in [6.07, 6.45) is 10.9. The molecule has 48 heavy (non-hydrogen) atoms. The van der Waals surface area contributed by atoms with Crippen molar-refractivity contribution in [3.05, 3.63) is 27.4 Å². The summed E-state index contributed by atoms with van der Waals surface area (Å²) in [6.45, 7) is 14.9. The molecule has 2 amide bonds. The van der Waals surface area contributed by atoms with Crippen LogP contribution in [0.3, 0.4) is 0 Å². The van der Waals surface area contributed by atoms with E-state index in [1.54, 1.807) is 0 Å². The largest absolute Gasteiger partial charge is 0 e. The van der Waals surface area contributed by atoms with Gasteiger partial charge in [0.25, 0.3) is 0 Å². The fourth-order valence-corrected chi connectivity index (χ4v) is 4.91. The zero-order valence-electron chi connectivity index (χ0n) is 28.2. The Balaban J connectivity index is -0.000000193. The Morgan fingerprint density at radius 2 is 1.40 bits per heavy atom. The number of aliphatic imine (C=N–C) groups is 2. The van der Waals surface area contributed by atoms with Gasteiger partial charge in [0.2, 0.25) is 0 Å². The van der Waals surface area contributed by atoms with Crippen molar-refractivity contribution in [3.63, 3.8) is 0 Å². The van der Waals surface area contributed by atoms with Gasteiger partial charge in [-0.05, 0) is 67.2 Å². The monoisotopic (exact) mass is 982 g/mol. The van der Waals surface area contributed by atoms with Gasteiger partial charge in [-0.3, -0.25) is 24.2 Å². The maximum absolute atomic E-state index is 12.1. The van der Waals surface area contributed by atoms with Crippen molar-refractivity contribution in [2.45, 2.75) is 118 Å². The van der Waals surface area contributed by atoms with Crippen LogP contribution >= 0.6 is 102 Å². The first-order valence-electron chi connectivity index (χ1n) is 14.2. The first-order chi connectivity index (χ1) is 20.6. The van der Waals surface area contributed by atoms with E-state index in [2.05, 4.69) is 73.3 Å². The normalized spacial score (nSPS) is 18.5. The minimum absolute atomic E-state index is 0. The molecule has 2 radical (unpaired) electrons. The number of rotatable bonds is 2. The zero-order chi connectivity index (χ0) is 33.9. The van der Waals surface area contributed by atoms with Crippen molar-refractivity contribution in [2.24, 2.45) is 14.3 Å². The number of likely N-dealkylation sites (tertiary alicyclic amines) is 2. The molecule has 0 spiro atoms. The van der Waals surface area contributed by atoms with Gasteiger partial charge in [-0.2, -0.15) is 33.9 Å². The van der Waals surface area contributed by atoms with Gasteiger partial charge in [0.05, 0.1) is 17.4 Å². The second-order valence-electron chi connectivity index (χ2n) is 11.7. The minimum Gasteiger partial charge on any atom is 0 e. The molecule has 4 aliphatic rings. The maximum Gasteiger partial charge on any atom is 0 e. The molecule has 0 aromatic heterocycles. The third kappa shape index (κ3) is 24.8. The molecule has 0 unspecified atom stereocenters.